The Hall–Kier alpha value is -3.09. The average Bonchev–Trinajstić information content (AvgIpc) is 2.75. The van der Waals surface area contributed by atoms with Crippen LogP contribution >= 0.6 is 0 Å². The Bertz CT molecular complexity index is 882. The van der Waals surface area contributed by atoms with E-state index in [2.05, 4.69) is 10.3 Å². The zero-order valence-corrected chi connectivity index (χ0v) is 16.4. The van der Waals surface area contributed by atoms with E-state index < -0.39 is 0 Å². The number of methoxy groups -OCH3 is 2. The minimum Gasteiger partial charge on any atom is -0.493 e. The third-order valence-corrected chi connectivity index (χ3v) is 4.78. The van der Waals surface area contributed by atoms with Gasteiger partial charge in [-0.2, -0.15) is 0 Å². The van der Waals surface area contributed by atoms with Crippen LogP contribution in [0.3, 0.4) is 0 Å². The van der Waals surface area contributed by atoms with Crippen LogP contribution in [-0.4, -0.2) is 49.0 Å². The van der Waals surface area contributed by atoms with E-state index in [0.29, 0.717) is 36.7 Å². The van der Waals surface area contributed by atoms with Gasteiger partial charge in [-0.05, 0) is 48.2 Å². The number of rotatable bonds is 6. The van der Waals surface area contributed by atoms with Crippen molar-refractivity contribution in [3.05, 3.63) is 52.8 Å². The molecule has 3 rings (SSSR count). The van der Waals surface area contributed by atoms with Gasteiger partial charge in [0.25, 0.3) is 11.8 Å². The minimum atomic E-state index is -0.195. The molecule has 0 radical (unpaired) electrons. The number of nitrogens with one attached hydrogen (secondary N) is 1. The first-order valence-corrected chi connectivity index (χ1v) is 9.34. The fraction of sp³-hybridized carbons (Fsp3) is 0.381. The topological polar surface area (TPSA) is 80.8 Å². The highest BCUT2D eigenvalue weighted by atomic mass is 16.5. The summed E-state index contributed by atoms with van der Waals surface area (Å²) in [6, 6.07) is 7.05. The lowest BCUT2D eigenvalue weighted by molar-refractivity contribution is 0.0728. The Labute approximate surface area is 164 Å². The summed E-state index contributed by atoms with van der Waals surface area (Å²) in [5.74, 6) is 0.946. The van der Waals surface area contributed by atoms with Crippen molar-refractivity contribution in [1.29, 1.82) is 0 Å². The number of fused-ring (bicyclic) bond motifs is 1. The predicted octanol–water partition coefficient (Wildman–Crippen LogP) is 2.44. The molecule has 1 aliphatic heterocycles. The first kappa shape index (κ1) is 19.7. The van der Waals surface area contributed by atoms with Crippen LogP contribution in [0.2, 0.25) is 0 Å². The highest BCUT2D eigenvalue weighted by molar-refractivity contribution is 5.98. The van der Waals surface area contributed by atoms with E-state index in [-0.39, 0.29) is 17.5 Å². The van der Waals surface area contributed by atoms with Gasteiger partial charge in [0.2, 0.25) is 0 Å². The summed E-state index contributed by atoms with van der Waals surface area (Å²) in [6.45, 7) is 3.62. The van der Waals surface area contributed by atoms with Gasteiger partial charge in [-0.15, -0.1) is 0 Å². The lowest BCUT2D eigenvalue weighted by Gasteiger charge is -2.29. The van der Waals surface area contributed by atoms with Gasteiger partial charge < -0.3 is 19.7 Å². The lowest BCUT2D eigenvalue weighted by atomic mass is 9.98. The Morgan fingerprint density at radius 1 is 1.14 bits per heavy atom. The Morgan fingerprint density at radius 2 is 1.86 bits per heavy atom. The minimum absolute atomic E-state index is 0.189. The summed E-state index contributed by atoms with van der Waals surface area (Å²) >= 11 is 0. The van der Waals surface area contributed by atoms with Crippen LogP contribution in [0.4, 0.5) is 0 Å². The molecule has 0 spiro atoms. The summed E-state index contributed by atoms with van der Waals surface area (Å²) in [7, 11) is 3.20. The molecule has 2 aromatic rings. The molecule has 0 unspecified atom stereocenters. The molecule has 7 nitrogen and oxygen atoms in total. The molecule has 0 fully saturated rings. The van der Waals surface area contributed by atoms with Gasteiger partial charge in [0.05, 0.1) is 14.2 Å². The van der Waals surface area contributed by atoms with E-state index in [4.69, 9.17) is 9.47 Å². The maximum atomic E-state index is 13.0. The summed E-state index contributed by atoms with van der Waals surface area (Å²) in [5, 5.41) is 2.81. The van der Waals surface area contributed by atoms with Crippen molar-refractivity contribution in [3.63, 3.8) is 0 Å². The van der Waals surface area contributed by atoms with Gasteiger partial charge >= 0.3 is 0 Å². The second kappa shape index (κ2) is 8.73. The van der Waals surface area contributed by atoms with Gasteiger partial charge in [0.1, 0.15) is 5.69 Å². The number of benzene rings is 1. The molecule has 0 bridgehead atoms. The average molecular weight is 383 g/mol. The molecule has 0 saturated carbocycles. The van der Waals surface area contributed by atoms with Gasteiger partial charge in [-0.1, -0.05) is 6.92 Å². The van der Waals surface area contributed by atoms with Crippen LogP contribution in [-0.2, 0) is 13.0 Å². The Balaban J connectivity index is 1.78. The quantitative estimate of drug-likeness (QED) is 0.829. The third-order valence-electron chi connectivity index (χ3n) is 4.78. The summed E-state index contributed by atoms with van der Waals surface area (Å²) < 4.78 is 10.7. The number of pyridine rings is 1. The second-order valence-corrected chi connectivity index (χ2v) is 6.64. The molecule has 0 saturated heterocycles. The lowest BCUT2D eigenvalue weighted by Crippen LogP contribution is -2.36. The van der Waals surface area contributed by atoms with Crippen molar-refractivity contribution in [2.45, 2.75) is 26.3 Å². The molecular weight excluding hydrogens is 358 g/mol. The van der Waals surface area contributed by atoms with E-state index >= 15 is 0 Å². The molecule has 0 atom stereocenters. The largest absolute Gasteiger partial charge is 0.493 e. The van der Waals surface area contributed by atoms with Crippen LogP contribution in [0, 0.1) is 0 Å². The Kier molecular flexibility index (Phi) is 6.13. The fourth-order valence-corrected chi connectivity index (χ4v) is 3.25. The van der Waals surface area contributed by atoms with Crippen molar-refractivity contribution < 1.29 is 19.1 Å². The maximum Gasteiger partial charge on any atom is 0.272 e. The number of ether oxygens (including phenoxy) is 2. The van der Waals surface area contributed by atoms with E-state index in [1.165, 1.54) is 6.20 Å². The fourth-order valence-electron chi connectivity index (χ4n) is 3.25. The highest BCUT2D eigenvalue weighted by Gasteiger charge is 2.25. The third kappa shape index (κ3) is 4.08. The van der Waals surface area contributed by atoms with Crippen molar-refractivity contribution in [1.82, 2.24) is 15.2 Å². The van der Waals surface area contributed by atoms with Crippen molar-refractivity contribution >= 4 is 11.8 Å². The first-order valence-electron chi connectivity index (χ1n) is 9.34. The van der Waals surface area contributed by atoms with E-state index in [1.54, 1.807) is 31.3 Å². The van der Waals surface area contributed by atoms with Gasteiger partial charge in [-0.25, -0.2) is 0 Å². The number of carbonyl (C=O) groups is 2. The molecule has 1 aliphatic rings. The monoisotopic (exact) mass is 383 g/mol. The summed E-state index contributed by atoms with van der Waals surface area (Å²) in [6.07, 6.45) is 3.07. The highest BCUT2D eigenvalue weighted by Crippen LogP contribution is 2.33. The van der Waals surface area contributed by atoms with E-state index in [0.717, 1.165) is 24.0 Å². The van der Waals surface area contributed by atoms with Crippen molar-refractivity contribution in [3.8, 4) is 11.5 Å². The molecule has 2 heterocycles. The summed E-state index contributed by atoms with van der Waals surface area (Å²) in [4.78, 5) is 31.0. The van der Waals surface area contributed by atoms with Crippen molar-refractivity contribution in [2.24, 2.45) is 0 Å². The van der Waals surface area contributed by atoms with Crippen LogP contribution < -0.4 is 14.8 Å². The predicted molar refractivity (Wildman–Crippen MR) is 105 cm³/mol. The van der Waals surface area contributed by atoms with Crippen molar-refractivity contribution in [2.75, 3.05) is 27.3 Å². The molecule has 1 aromatic heterocycles. The number of nitrogens with zero attached hydrogens (tertiary/aromatic N) is 2. The normalized spacial score (nSPS) is 12.9. The standard InChI is InChI=1S/C21H25N3O4/c1-4-7-23-20(25)15-5-8-22-17(10-15)21(26)24-9-6-14-11-18(27-2)19(28-3)12-16(14)13-24/h5,8,10-12H,4,6-7,9,13H2,1-3H3,(H,23,25). The Morgan fingerprint density at radius 3 is 2.54 bits per heavy atom. The number of hydrogen-bond acceptors (Lipinski definition) is 5. The van der Waals surface area contributed by atoms with Gasteiger partial charge in [-0.3, -0.25) is 14.6 Å². The van der Waals surface area contributed by atoms with Crippen LogP contribution in [0.25, 0.3) is 0 Å². The number of amides is 2. The summed E-state index contributed by atoms with van der Waals surface area (Å²) in [5.41, 5.74) is 2.88. The molecule has 148 valence electrons. The SMILES string of the molecule is CCCNC(=O)c1ccnc(C(=O)N2CCc3cc(OC)c(OC)cc3C2)c1. The molecule has 1 N–H and O–H groups in total. The van der Waals surface area contributed by atoms with Crippen LogP contribution in [0.15, 0.2) is 30.5 Å². The maximum absolute atomic E-state index is 13.0. The molecule has 2 amide bonds. The number of carbonyl (C=O) groups excluding carboxylic acids is 2. The number of aromatic nitrogens is 1. The smallest absolute Gasteiger partial charge is 0.272 e. The van der Waals surface area contributed by atoms with Crippen LogP contribution in [0.1, 0.15) is 45.3 Å². The molecule has 1 aromatic carbocycles. The molecule has 28 heavy (non-hydrogen) atoms. The second-order valence-electron chi connectivity index (χ2n) is 6.64. The number of hydrogen-bond donors (Lipinski definition) is 1. The van der Waals surface area contributed by atoms with Gasteiger partial charge in [0.15, 0.2) is 11.5 Å². The molecular formula is C21H25N3O4. The van der Waals surface area contributed by atoms with Crippen LogP contribution in [0.5, 0.6) is 11.5 Å². The van der Waals surface area contributed by atoms with E-state index in [1.807, 2.05) is 19.1 Å². The van der Waals surface area contributed by atoms with Gasteiger partial charge in [0, 0.05) is 31.4 Å². The molecule has 7 heteroatoms. The van der Waals surface area contributed by atoms with E-state index in [9.17, 15) is 9.59 Å². The first-order chi connectivity index (χ1) is 13.6. The molecule has 0 aliphatic carbocycles. The zero-order valence-electron chi connectivity index (χ0n) is 16.4. The zero-order chi connectivity index (χ0) is 20.1.